The molecule has 1 N–H and O–H groups in total. The molecule has 0 heterocycles. The molecule has 0 radical (unpaired) electrons. The van der Waals surface area contributed by atoms with Crippen molar-refractivity contribution in [3.63, 3.8) is 0 Å². The van der Waals surface area contributed by atoms with Crippen molar-refractivity contribution >= 4 is 5.97 Å². The molecule has 0 saturated heterocycles. The lowest BCUT2D eigenvalue weighted by molar-refractivity contribution is -0.138. The zero-order valence-electron chi connectivity index (χ0n) is 13.6. The normalized spacial score (nSPS) is 9.82. The average molecular weight is 294 g/mol. The fourth-order valence-electron chi connectivity index (χ4n) is 1.69. The fourth-order valence-corrected chi connectivity index (χ4v) is 1.69. The molecule has 0 spiro atoms. The average Bonchev–Trinajstić information content (AvgIpc) is 2.48. The summed E-state index contributed by atoms with van der Waals surface area (Å²) in [4.78, 5) is 10.8. The molecule has 114 valence electrons. The molecule has 22 heavy (non-hydrogen) atoms. The molecule has 0 fully saturated rings. The zero-order valence-corrected chi connectivity index (χ0v) is 13.6. The van der Waals surface area contributed by atoms with Crippen LogP contribution in [0, 0.1) is 41.9 Å². The van der Waals surface area contributed by atoms with Gasteiger partial charge >= 0.3 is 5.97 Å². The van der Waals surface area contributed by atoms with Gasteiger partial charge in [-0.15, -0.1) is 6.42 Å². The van der Waals surface area contributed by atoms with E-state index < -0.39 is 11.9 Å². The van der Waals surface area contributed by atoms with Crippen molar-refractivity contribution < 1.29 is 9.90 Å². The van der Waals surface area contributed by atoms with Crippen molar-refractivity contribution in [2.24, 2.45) is 5.92 Å². The Morgan fingerprint density at radius 3 is 2.14 bits per heavy atom. The van der Waals surface area contributed by atoms with Gasteiger partial charge in [-0.2, -0.15) is 0 Å². The molecular formula is C20H22O2. The summed E-state index contributed by atoms with van der Waals surface area (Å²) in [5, 5.41) is 8.85. The van der Waals surface area contributed by atoms with Crippen LogP contribution in [0.3, 0.4) is 0 Å². The summed E-state index contributed by atoms with van der Waals surface area (Å²) in [6.07, 6.45) is 5.82. The SMILES string of the molecule is C#CC#CC#CC.CC(C)Cc1ccc(C(C)C(=O)O)cc1. The number of terminal acetylenes is 1. The monoisotopic (exact) mass is 294 g/mol. The quantitative estimate of drug-likeness (QED) is 0.859. The maximum Gasteiger partial charge on any atom is 0.310 e. The van der Waals surface area contributed by atoms with Gasteiger partial charge in [0.15, 0.2) is 0 Å². The van der Waals surface area contributed by atoms with Crippen LogP contribution < -0.4 is 0 Å². The third kappa shape index (κ3) is 8.52. The van der Waals surface area contributed by atoms with E-state index >= 15 is 0 Å². The first-order valence-corrected chi connectivity index (χ1v) is 7.11. The van der Waals surface area contributed by atoms with E-state index in [2.05, 4.69) is 43.4 Å². The molecule has 1 atom stereocenters. The van der Waals surface area contributed by atoms with Gasteiger partial charge in [0.2, 0.25) is 0 Å². The van der Waals surface area contributed by atoms with Crippen molar-refractivity contribution in [2.75, 3.05) is 0 Å². The van der Waals surface area contributed by atoms with E-state index in [0.717, 1.165) is 12.0 Å². The van der Waals surface area contributed by atoms with Crippen LogP contribution in [-0.2, 0) is 11.2 Å². The fraction of sp³-hybridized carbons (Fsp3) is 0.350. The van der Waals surface area contributed by atoms with E-state index in [0.29, 0.717) is 5.92 Å². The Kier molecular flexibility index (Phi) is 9.75. The second-order valence-electron chi connectivity index (χ2n) is 5.17. The van der Waals surface area contributed by atoms with Gasteiger partial charge in [0.05, 0.1) is 5.92 Å². The van der Waals surface area contributed by atoms with Gasteiger partial charge < -0.3 is 5.11 Å². The Morgan fingerprint density at radius 2 is 1.73 bits per heavy atom. The lowest BCUT2D eigenvalue weighted by Crippen LogP contribution is -2.07. The molecule has 2 nitrogen and oxygen atoms in total. The van der Waals surface area contributed by atoms with Gasteiger partial charge in [-0.1, -0.05) is 44.0 Å². The van der Waals surface area contributed by atoms with Gasteiger partial charge in [0, 0.05) is 0 Å². The van der Waals surface area contributed by atoms with E-state index in [-0.39, 0.29) is 0 Å². The highest BCUT2D eigenvalue weighted by molar-refractivity contribution is 5.75. The highest BCUT2D eigenvalue weighted by Crippen LogP contribution is 2.17. The molecule has 1 rings (SSSR count). The molecule has 0 aliphatic carbocycles. The predicted octanol–water partition coefficient (Wildman–Crippen LogP) is 3.72. The minimum Gasteiger partial charge on any atom is -0.481 e. The van der Waals surface area contributed by atoms with Crippen molar-refractivity contribution in [2.45, 2.75) is 40.0 Å². The highest BCUT2D eigenvalue weighted by atomic mass is 16.4. The molecular weight excluding hydrogens is 272 g/mol. The molecule has 0 saturated carbocycles. The van der Waals surface area contributed by atoms with Crippen LogP contribution in [0.15, 0.2) is 24.3 Å². The molecule has 2 heteroatoms. The van der Waals surface area contributed by atoms with Gasteiger partial charge in [0.25, 0.3) is 0 Å². The summed E-state index contributed by atoms with van der Waals surface area (Å²) < 4.78 is 0. The number of aliphatic carboxylic acids is 1. The Morgan fingerprint density at radius 1 is 1.14 bits per heavy atom. The maximum atomic E-state index is 10.8. The van der Waals surface area contributed by atoms with Gasteiger partial charge in [-0.25, -0.2) is 0 Å². The number of benzene rings is 1. The van der Waals surface area contributed by atoms with Crippen LogP contribution in [0.5, 0.6) is 0 Å². The number of hydrogen-bond acceptors (Lipinski definition) is 1. The number of carboxylic acid groups (broad SMARTS) is 1. The number of carboxylic acids is 1. The van der Waals surface area contributed by atoms with Crippen LogP contribution in [0.4, 0.5) is 0 Å². The van der Waals surface area contributed by atoms with E-state index in [9.17, 15) is 4.79 Å². The molecule has 1 unspecified atom stereocenters. The van der Waals surface area contributed by atoms with Crippen LogP contribution in [0.1, 0.15) is 44.7 Å². The predicted molar refractivity (Wildman–Crippen MR) is 91.1 cm³/mol. The Bertz CT molecular complexity index is 623. The molecule has 0 aliphatic heterocycles. The summed E-state index contributed by atoms with van der Waals surface area (Å²) in [6.45, 7) is 7.77. The number of carbonyl (C=O) groups is 1. The van der Waals surface area contributed by atoms with Crippen molar-refractivity contribution in [3.8, 4) is 36.0 Å². The standard InChI is InChI=1S/C13H18O2.C7H4/c1-9(2)8-11-4-6-12(7-5-11)10(3)13(14)15;1-3-5-7-6-4-2/h4-7,9-10H,8H2,1-3H3,(H,14,15);1H,2H3. The highest BCUT2D eigenvalue weighted by Gasteiger charge is 2.12. The summed E-state index contributed by atoms with van der Waals surface area (Å²) in [5.41, 5.74) is 2.14. The van der Waals surface area contributed by atoms with Crippen LogP contribution in [0.2, 0.25) is 0 Å². The van der Waals surface area contributed by atoms with Crippen LogP contribution >= 0.6 is 0 Å². The largest absolute Gasteiger partial charge is 0.481 e. The van der Waals surface area contributed by atoms with Gasteiger partial charge in [-0.05, 0) is 61.0 Å². The minimum absolute atomic E-state index is 0.418. The van der Waals surface area contributed by atoms with Crippen molar-refractivity contribution in [1.29, 1.82) is 0 Å². The first kappa shape index (κ1) is 19.4. The molecule has 0 amide bonds. The second-order valence-corrected chi connectivity index (χ2v) is 5.17. The second kappa shape index (κ2) is 11.1. The van der Waals surface area contributed by atoms with E-state index in [1.807, 2.05) is 24.3 Å². The summed E-state index contributed by atoms with van der Waals surface area (Å²) >= 11 is 0. The third-order valence-electron chi connectivity index (χ3n) is 2.82. The van der Waals surface area contributed by atoms with Crippen molar-refractivity contribution in [3.05, 3.63) is 35.4 Å². The molecule has 1 aromatic rings. The third-order valence-corrected chi connectivity index (χ3v) is 2.82. The molecule has 0 aliphatic rings. The van der Waals surface area contributed by atoms with E-state index in [4.69, 9.17) is 11.5 Å². The maximum absolute atomic E-state index is 10.8. The first-order valence-electron chi connectivity index (χ1n) is 7.11. The molecule has 0 bridgehead atoms. The molecule has 0 aromatic heterocycles. The zero-order chi connectivity index (χ0) is 17.0. The van der Waals surface area contributed by atoms with Crippen LogP contribution in [0.25, 0.3) is 0 Å². The number of rotatable bonds is 4. The van der Waals surface area contributed by atoms with Gasteiger partial charge in [-0.3, -0.25) is 4.79 Å². The molecule has 1 aromatic carbocycles. The lowest BCUT2D eigenvalue weighted by atomic mass is 9.97. The first-order chi connectivity index (χ1) is 10.4. The Balaban J connectivity index is 0.000000534. The Labute approximate surface area is 133 Å². The smallest absolute Gasteiger partial charge is 0.310 e. The summed E-state index contributed by atoms with van der Waals surface area (Å²) in [5.74, 6) is 11.5. The van der Waals surface area contributed by atoms with E-state index in [1.165, 1.54) is 5.56 Å². The summed E-state index contributed by atoms with van der Waals surface area (Å²) in [6, 6.07) is 7.87. The van der Waals surface area contributed by atoms with Gasteiger partial charge in [0.1, 0.15) is 0 Å². The Hall–Kier alpha value is -2.63. The van der Waals surface area contributed by atoms with E-state index in [1.54, 1.807) is 13.8 Å². The minimum atomic E-state index is -0.772. The van der Waals surface area contributed by atoms with Crippen molar-refractivity contribution in [1.82, 2.24) is 0 Å². The topological polar surface area (TPSA) is 37.3 Å². The van der Waals surface area contributed by atoms with Crippen LogP contribution in [-0.4, -0.2) is 11.1 Å². The summed E-state index contributed by atoms with van der Waals surface area (Å²) in [7, 11) is 0. The lowest BCUT2D eigenvalue weighted by Gasteiger charge is -2.09. The number of hydrogen-bond donors (Lipinski definition) is 1.